The lowest BCUT2D eigenvalue weighted by atomic mass is 10.1. The zero-order valence-corrected chi connectivity index (χ0v) is 23.5. The van der Waals surface area contributed by atoms with Gasteiger partial charge in [0.25, 0.3) is 0 Å². The van der Waals surface area contributed by atoms with Gasteiger partial charge in [0.15, 0.2) is 5.82 Å². The summed E-state index contributed by atoms with van der Waals surface area (Å²) in [6, 6.07) is 12.7. The number of carbonyl (C=O) groups is 1. The van der Waals surface area contributed by atoms with Crippen molar-refractivity contribution < 1.29 is 9.53 Å². The summed E-state index contributed by atoms with van der Waals surface area (Å²) in [5.74, 6) is 1.16. The van der Waals surface area contributed by atoms with Crippen LogP contribution in [0.5, 0.6) is 5.75 Å². The molecule has 4 aromatic rings. The molecule has 0 aliphatic heterocycles. The maximum atomic E-state index is 13.3. The van der Waals surface area contributed by atoms with Crippen LogP contribution in [0, 0.1) is 0 Å². The number of aromatic nitrogens is 4. The van der Waals surface area contributed by atoms with Crippen molar-refractivity contribution in [3.63, 3.8) is 0 Å². The predicted molar refractivity (Wildman–Crippen MR) is 155 cm³/mol. The highest BCUT2D eigenvalue weighted by Crippen LogP contribution is 2.32. The highest BCUT2D eigenvalue weighted by atomic mass is 35.5. The van der Waals surface area contributed by atoms with Crippen LogP contribution < -0.4 is 10.1 Å². The van der Waals surface area contributed by atoms with Gasteiger partial charge in [-0.1, -0.05) is 59.8 Å². The van der Waals surface area contributed by atoms with Gasteiger partial charge in [0.05, 0.1) is 34.4 Å². The number of urea groups is 1. The van der Waals surface area contributed by atoms with Crippen LogP contribution in [0.25, 0.3) is 22.5 Å². The number of nitrogens with zero attached hydrogens (tertiary/aromatic N) is 5. The molecule has 11 heteroatoms. The zero-order valence-electron chi connectivity index (χ0n) is 21.3. The molecular formula is C28H27Cl3N6O2. The number of anilines is 1. The topological polar surface area (TPSA) is 85.2 Å². The fraction of sp³-hybridized carbons (Fsp3) is 0.286. The summed E-state index contributed by atoms with van der Waals surface area (Å²) in [5.41, 5.74) is 3.06. The molecule has 0 spiro atoms. The Morgan fingerprint density at radius 1 is 1.05 bits per heavy atom. The highest BCUT2D eigenvalue weighted by Gasteiger charge is 2.27. The van der Waals surface area contributed by atoms with E-state index in [0.717, 1.165) is 42.4 Å². The molecule has 0 bridgehead atoms. The summed E-state index contributed by atoms with van der Waals surface area (Å²) in [7, 11) is 1.58. The molecule has 2 aromatic carbocycles. The van der Waals surface area contributed by atoms with Crippen molar-refractivity contribution in [3.05, 3.63) is 76.3 Å². The molecule has 1 saturated carbocycles. The van der Waals surface area contributed by atoms with Crippen LogP contribution in [-0.4, -0.2) is 50.4 Å². The van der Waals surface area contributed by atoms with Crippen molar-refractivity contribution in [3.8, 4) is 28.3 Å². The van der Waals surface area contributed by atoms with Crippen molar-refractivity contribution in [2.24, 2.45) is 0 Å². The second kappa shape index (κ2) is 12.2. The first kappa shape index (κ1) is 27.2. The molecule has 39 heavy (non-hydrogen) atoms. The zero-order chi connectivity index (χ0) is 27.4. The number of ether oxygens (including phenoxy) is 1. The first-order valence-corrected chi connectivity index (χ1v) is 13.8. The fourth-order valence-corrected chi connectivity index (χ4v) is 5.37. The Hall–Kier alpha value is -3.33. The van der Waals surface area contributed by atoms with Crippen LogP contribution in [0.15, 0.2) is 61.2 Å². The van der Waals surface area contributed by atoms with Gasteiger partial charge >= 0.3 is 6.03 Å². The number of carbonyl (C=O) groups excluding carboxylic acids is 1. The molecule has 1 N–H and O–H groups in total. The Morgan fingerprint density at radius 2 is 1.85 bits per heavy atom. The number of benzene rings is 2. The maximum Gasteiger partial charge on any atom is 0.322 e. The number of methoxy groups -OCH3 is 1. The van der Waals surface area contributed by atoms with E-state index in [0.29, 0.717) is 45.4 Å². The van der Waals surface area contributed by atoms with Crippen molar-refractivity contribution in [1.29, 1.82) is 0 Å². The molecule has 8 nitrogen and oxygen atoms in total. The highest BCUT2D eigenvalue weighted by molar-refractivity contribution is 6.44. The van der Waals surface area contributed by atoms with Gasteiger partial charge in [-0.3, -0.25) is 9.67 Å². The molecule has 1 aliphatic rings. The lowest BCUT2D eigenvalue weighted by molar-refractivity contribution is 0.184. The molecule has 0 radical (unpaired) electrons. The van der Waals surface area contributed by atoms with Crippen LogP contribution in [0.2, 0.25) is 15.1 Å². The van der Waals surface area contributed by atoms with Gasteiger partial charge in [0, 0.05) is 36.1 Å². The molecule has 2 heterocycles. The van der Waals surface area contributed by atoms with E-state index in [-0.39, 0.29) is 12.1 Å². The number of halogens is 3. The predicted octanol–water partition coefficient (Wildman–Crippen LogP) is 7.45. The second-order valence-electron chi connectivity index (χ2n) is 9.31. The molecule has 0 saturated heterocycles. The molecule has 1 fully saturated rings. The first-order chi connectivity index (χ1) is 18.9. The van der Waals surface area contributed by atoms with E-state index < -0.39 is 0 Å². The van der Waals surface area contributed by atoms with Crippen LogP contribution in [0.3, 0.4) is 0 Å². The summed E-state index contributed by atoms with van der Waals surface area (Å²) in [4.78, 5) is 24.0. The van der Waals surface area contributed by atoms with Gasteiger partial charge in [-0.05, 0) is 48.7 Å². The summed E-state index contributed by atoms with van der Waals surface area (Å²) in [6.07, 6.45) is 9.29. The lowest BCUT2D eigenvalue weighted by Crippen LogP contribution is -2.43. The van der Waals surface area contributed by atoms with Crippen molar-refractivity contribution in [1.82, 2.24) is 24.6 Å². The summed E-state index contributed by atoms with van der Waals surface area (Å²) in [5, 5.41) is 8.82. The van der Waals surface area contributed by atoms with Crippen molar-refractivity contribution >= 4 is 46.5 Å². The summed E-state index contributed by atoms with van der Waals surface area (Å²) < 4.78 is 6.99. The van der Waals surface area contributed by atoms with E-state index in [9.17, 15) is 4.79 Å². The van der Waals surface area contributed by atoms with Gasteiger partial charge < -0.3 is 15.0 Å². The monoisotopic (exact) mass is 584 g/mol. The number of amides is 2. The van der Waals surface area contributed by atoms with E-state index in [2.05, 4.69) is 20.4 Å². The average Bonchev–Trinajstić information content (AvgIpc) is 3.65. The number of hydrogen-bond acceptors (Lipinski definition) is 5. The third-order valence-electron chi connectivity index (χ3n) is 6.81. The van der Waals surface area contributed by atoms with Crippen LogP contribution in [0.4, 0.5) is 10.5 Å². The first-order valence-electron chi connectivity index (χ1n) is 12.6. The van der Waals surface area contributed by atoms with Crippen molar-refractivity contribution in [2.75, 3.05) is 19.0 Å². The van der Waals surface area contributed by atoms with Crippen molar-refractivity contribution in [2.45, 2.75) is 38.3 Å². The molecule has 5 rings (SSSR count). The van der Waals surface area contributed by atoms with Crippen LogP contribution in [0.1, 0.15) is 25.7 Å². The fourth-order valence-electron chi connectivity index (χ4n) is 4.76. The second-order valence-corrected chi connectivity index (χ2v) is 10.5. The standard InChI is InChI=1S/C28H27Cl3N6O2/c1-39-25-10-9-18(14-23(25)30)19-13-20(16-32-15-19)27-33-17-36(35-27)11-12-37(21-5-2-3-6-21)28(38)34-24-8-4-7-22(29)26(24)31/h4,7-10,13-17,21H,2-3,5-6,11-12H2,1H3,(H,34,38). The summed E-state index contributed by atoms with van der Waals surface area (Å²) in [6.45, 7) is 0.960. The lowest BCUT2D eigenvalue weighted by Gasteiger charge is -2.29. The van der Waals surface area contributed by atoms with E-state index >= 15 is 0 Å². The minimum atomic E-state index is -0.207. The molecule has 1 aliphatic carbocycles. The van der Waals surface area contributed by atoms with Gasteiger partial charge in [-0.2, -0.15) is 5.10 Å². The Labute approximate surface area is 241 Å². The van der Waals surface area contributed by atoms with Crippen LogP contribution in [-0.2, 0) is 6.54 Å². The van der Waals surface area contributed by atoms with Gasteiger partial charge in [-0.25, -0.2) is 9.78 Å². The molecule has 2 aromatic heterocycles. The van der Waals surface area contributed by atoms with E-state index in [4.69, 9.17) is 39.5 Å². The third kappa shape index (κ3) is 6.30. The Balaban J connectivity index is 1.29. The molecule has 202 valence electrons. The normalized spacial score (nSPS) is 13.4. The third-order valence-corrected chi connectivity index (χ3v) is 7.92. The summed E-state index contributed by atoms with van der Waals surface area (Å²) >= 11 is 18.7. The quantitative estimate of drug-likeness (QED) is 0.232. The number of nitrogens with one attached hydrogen (secondary N) is 1. The Morgan fingerprint density at radius 3 is 2.62 bits per heavy atom. The molecule has 2 amide bonds. The Kier molecular flexibility index (Phi) is 8.55. The minimum absolute atomic E-state index is 0.156. The smallest absolute Gasteiger partial charge is 0.322 e. The van der Waals surface area contributed by atoms with Gasteiger partial charge in [-0.15, -0.1) is 0 Å². The number of pyridine rings is 1. The Bertz CT molecular complexity index is 1470. The van der Waals surface area contributed by atoms with E-state index in [1.807, 2.05) is 29.2 Å². The van der Waals surface area contributed by atoms with Gasteiger partial charge in [0.2, 0.25) is 0 Å². The van der Waals surface area contributed by atoms with Crippen LogP contribution >= 0.6 is 34.8 Å². The number of hydrogen-bond donors (Lipinski definition) is 1. The van der Waals surface area contributed by atoms with Gasteiger partial charge in [0.1, 0.15) is 12.1 Å². The molecule has 0 atom stereocenters. The molecular weight excluding hydrogens is 559 g/mol. The molecule has 0 unspecified atom stereocenters. The average molecular weight is 586 g/mol. The maximum absolute atomic E-state index is 13.3. The SMILES string of the molecule is COc1ccc(-c2cncc(-c3ncn(CCN(C(=O)Nc4cccc(Cl)c4Cl)C4CCCC4)n3)c2)cc1Cl. The number of rotatable bonds is 8. The van der Waals surface area contributed by atoms with E-state index in [1.54, 1.807) is 48.7 Å². The minimum Gasteiger partial charge on any atom is -0.495 e. The largest absolute Gasteiger partial charge is 0.495 e. The van der Waals surface area contributed by atoms with E-state index in [1.165, 1.54) is 0 Å².